The fourth-order valence-corrected chi connectivity index (χ4v) is 3.58. The van der Waals surface area contributed by atoms with Crippen LogP contribution in [0.2, 0.25) is 0 Å². The van der Waals surface area contributed by atoms with Crippen molar-refractivity contribution >= 4 is 11.8 Å². The van der Waals surface area contributed by atoms with Crippen LogP contribution >= 0.6 is 11.8 Å². The van der Waals surface area contributed by atoms with E-state index in [1.54, 1.807) is 6.07 Å². The Kier molecular flexibility index (Phi) is 3.89. The van der Waals surface area contributed by atoms with Crippen molar-refractivity contribution in [3.05, 3.63) is 52.6 Å². The third-order valence-electron chi connectivity index (χ3n) is 3.54. The summed E-state index contributed by atoms with van der Waals surface area (Å²) in [6.45, 7) is 1.02. The maximum atomic E-state index is 11.9. The van der Waals surface area contributed by atoms with Gasteiger partial charge in [-0.2, -0.15) is 11.8 Å². The molecule has 4 nitrogen and oxygen atoms in total. The van der Waals surface area contributed by atoms with Crippen LogP contribution in [-0.4, -0.2) is 40.0 Å². The van der Waals surface area contributed by atoms with Gasteiger partial charge in [0.2, 0.25) is 0 Å². The first-order chi connectivity index (χ1) is 9.74. The zero-order chi connectivity index (χ0) is 13.9. The minimum absolute atomic E-state index is 0.0853. The lowest BCUT2D eigenvalue weighted by molar-refractivity contribution is 0.264. The number of nitrogens with one attached hydrogen (secondary N) is 1. The van der Waals surface area contributed by atoms with Crippen molar-refractivity contribution in [3.8, 4) is 11.3 Å². The standard InChI is InChI=1S/C15H17N3OS/c1-18-7-8-20-10-13(18)15-16-12(9-14(19)17-15)11-5-3-2-4-6-11/h2-6,9,13H,7-8,10H2,1H3,(H,16,17,19). The van der Waals surface area contributed by atoms with E-state index in [1.165, 1.54) is 0 Å². The van der Waals surface area contributed by atoms with E-state index in [-0.39, 0.29) is 11.6 Å². The van der Waals surface area contributed by atoms with Crippen LogP contribution in [0, 0.1) is 0 Å². The molecule has 1 unspecified atom stereocenters. The quantitative estimate of drug-likeness (QED) is 0.919. The molecular weight excluding hydrogens is 270 g/mol. The van der Waals surface area contributed by atoms with Crippen LogP contribution in [0.5, 0.6) is 0 Å². The molecule has 0 bridgehead atoms. The topological polar surface area (TPSA) is 49.0 Å². The number of H-pyrrole nitrogens is 1. The third-order valence-corrected chi connectivity index (χ3v) is 4.56. The maximum absolute atomic E-state index is 11.9. The van der Waals surface area contributed by atoms with Crippen molar-refractivity contribution in [1.29, 1.82) is 0 Å². The van der Waals surface area contributed by atoms with Crippen LogP contribution in [-0.2, 0) is 0 Å². The lowest BCUT2D eigenvalue weighted by atomic mass is 10.1. The molecule has 1 atom stereocenters. The largest absolute Gasteiger partial charge is 0.309 e. The third kappa shape index (κ3) is 2.78. The molecule has 2 aromatic rings. The average molecular weight is 287 g/mol. The number of benzene rings is 1. The molecule has 5 heteroatoms. The van der Waals surface area contributed by atoms with Crippen LogP contribution in [0.25, 0.3) is 11.3 Å². The summed E-state index contributed by atoms with van der Waals surface area (Å²) in [6, 6.07) is 11.6. The monoisotopic (exact) mass is 287 g/mol. The van der Waals surface area contributed by atoms with Crippen molar-refractivity contribution < 1.29 is 0 Å². The molecule has 1 saturated heterocycles. The predicted octanol–water partition coefficient (Wildman–Crippen LogP) is 2.16. The highest BCUT2D eigenvalue weighted by Gasteiger charge is 2.23. The Hall–Kier alpha value is -1.59. The number of nitrogens with zero attached hydrogens (tertiary/aromatic N) is 2. The van der Waals surface area contributed by atoms with Crippen LogP contribution in [0.3, 0.4) is 0 Å². The van der Waals surface area contributed by atoms with Crippen LogP contribution in [0.4, 0.5) is 0 Å². The zero-order valence-corrected chi connectivity index (χ0v) is 12.2. The van der Waals surface area contributed by atoms with Gasteiger partial charge in [0.1, 0.15) is 5.82 Å². The summed E-state index contributed by atoms with van der Waals surface area (Å²) >= 11 is 1.91. The van der Waals surface area contributed by atoms with Crippen molar-refractivity contribution in [2.45, 2.75) is 6.04 Å². The van der Waals surface area contributed by atoms with Gasteiger partial charge in [0, 0.05) is 29.7 Å². The van der Waals surface area contributed by atoms with Gasteiger partial charge in [-0.25, -0.2) is 4.98 Å². The van der Waals surface area contributed by atoms with Crippen molar-refractivity contribution in [2.75, 3.05) is 25.1 Å². The Morgan fingerprint density at radius 1 is 1.35 bits per heavy atom. The Balaban J connectivity index is 2.01. The van der Waals surface area contributed by atoms with Crippen LogP contribution in [0.15, 0.2) is 41.2 Å². The highest BCUT2D eigenvalue weighted by Crippen LogP contribution is 2.26. The molecule has 3 rings (SSSR count). The fourth-order valence-electron chi connectivity index (χ4n) is 2.37. The van der Waals surface area contributed by atoms with Gasteiger partial charge in [0.25, 0.3) is 5.56 Å². The van der Waals surface area contributed by atoms with E-state index in [1.807, 2.05) is 42.1 Å². The smallest absolute Gasteiger partial charge is 0.251 e. The first kappa shape index (κ1) is 13.4. The van der Waals surface area contributed by atoms with E-state index in [4.69, 9.17) is 0 Å². The second-order valence-electron chi connectivity index (χ2n) is 4.95. The highest BCUT2D eigenvalue weighted by molar-refractivity contribution is 7.99. The SMILES string of the molecule is CN1CCSCC1c1nc(-c2ccccc2)cc(=O)[nH]1. The normalized spacial score (nSPS) is 19.9. The summed E-state index contributed by atoms with van der Waals surface area (Å²) in [5, 5.41) is 0. The summed E-state index contributed by atoms with van der Waals surface area (Å²) in [4.78, 5) is 21.7. The van der Waals surface area contributed by atoms with Crippen molar-refractivity contribution in [1.82, 2.24) is 14.9 Å². The van der Waals surface area contributed by atoms with E-state index in [0.29, 0.717) is 0 Å². The molecule has 1 fully saturated rings. The summed E-state index contributed by atoms with van der Waals surface area (Å²) in [6.07, 6.45) is 0. The molecule has 1 aliphatic rings. The van der Waals surface area contributed by atoms with E-state index < -0.39 is 0 Å². The highest BCUT2D eigenvalue weighted by atomic mass is 32.2. The number of thioether (sulfide) groups is 1. The summed E-state index contributed by atoms with van der Waals surface area (Å²) in [5.74, 6) is 2.87. The second-order valence-corrected chi connectivity index (χ2v) is 6.10. The molecule has 1 aromatic heterocycles. The first-order valence-corrected chi connectivity index (χ1v) is 7.84. The number of aromatic nitrogens is 2. The van der Waals surface area contributed by atoms with Crippen molar-refractivity contribution in [3.63, 3.8) is 0 Å². The van der Waals surface area contributed by atoms with Gasteiger partial charge in [-0.3, -0.25) is 9.69 Å². The van der Waals surface area contributed by atoms with E-state index in [0.717, 1.165) is 35.1 Å². The Morgan fingerprint density at radius 2 is 2.15 bits per heavy atom. The summed E-state index contributed by atoms with van der Waals surface area (Å²) in [7, 11) is 2.08. The molecule has 2 heterocycles. The molecule has 20 heavy (non-hydrogen) atoms. The van der Waals surface area contributed by atoms with Crippen molar-refractivity contribution in [2.24, 2.45) is 0 Å². The van der Waals surface area contributed by atoms with Gasteiger partial charge in [0.15, 0.2) is 0 Å². The molecular formula is C15H17N3OS. The average Bonchev–Trinajstić information content (AvgIpc) is 2.48. The molecule has 0 radical (unpaired) electrons. The Labute approximate surface area is 122 Å². The zero-order valence-electron chi connectivity index (χ0n) is 11.4. The van der Waals surface area contributed by atoms with E-state index >= 15 is 0 Å². The molecule has 1 aromatic carbocycles. The number of rotatable bonds is 2. The second kappa shape index (κ2) is 5.81. The molecule has 1 N–H and O–H groups in total. The fraction of sp³-hybridized carbons (Fsp3) is 0.333. The number of hydrogen-bond donors (Lipinski definition) is 1. The molecule has 0 aliphatic carbocycles. The van der Waals surface area contributed by atoms with E-state index in [9.17, 15) is 4.79 Å². The van der Waals surface area contributed by atoms with Gasteiger partial charge >= 0.3 is 0 Å². The lowest BCUT2D eigenvalue weighted by Crippen LogP contribution is -2.34. The summed E-state index contributed by atoms with van der Waals surface area (Å²) < 4.78 is 0. The van der Waals surface area contributed by atoms with E-state index in [2.05, 4.69) is 21.9 Å². The van der Waals surface area contributed by atoms with Gasteiger partial charge in [-0.1, -0.05) is 30.3 Å². The van der Waals surface area contributed by atoms with Gasteiger partial charge in [-0.05, 0) is 7.05 Å². The minimum Gasteiger partial charge on any atom is -0.309 e. The van der Waals surface area contributed by atoms with Gasteiger partial charge < -0.3 is 4.98 Å². The summed E-state index contributed by atoms with van der Waals surface area (Å²) in [5.41, 5.74) is 1.64. The molecule has 1 aliphatic heterocycles. The number of hydrogen-bond acceptors (Lipinski definition) is 4. The molecule has 0 saturated carbocycles. The predicted molar refractivity (Wildman–Crippen MR) is 83.0 cm³/mol. The molecule has 0 spiro atoms. The van der Waals surface area contributed by atoms with Gasteiger partial charge in [-0.15, -0.1) is 0 Å². The van der Waals surface area contributed by atoms with Crippen LogP contribution in [0.1, 0.15) is 11.9 Å². The Morgan fingerprint density at radius 3 is 2.90 bits per heavy atom. The first-order valence-electron chi connectivity index (χ1n) is 6.69. The maximum Gasteiger partial charge on any atom is 0.251 e. The minimum atomic E-state index is -0.0853. The Bertz CT molecular complexity index is 641. The van der Waals surface area contributed by atoms with Crippen LogP contribution < -0.4 is 5.56 Å². The molecule has 104 valence electrons. The van der Waals surface area contributed by atoms with Gasteiger partial charge in [0.05, 0.1) is 11.7 Å². The lowest BCUT2D eigenvalue weighted by Gasteiger charge is -2.31. The number of aromatic amines is 1. The molecule has 0 amide bonds.